The average molecular weight is 333 g/mol. The van der Waals surface area contributed by atoms with Crippen LogP contribution < -0.4 is 5.84 Å². The van der Waals surface area contributed by atoms with E-state index >= 15 is 0 Å². The quantitative estimate of drug-likeness (QED) is 0.400. The molecule has 2 rings (SSSR count). The largest absolute Gasteiger partial charge is 0.453 e. The van der Waals surface area contributed by atoms with Crippen LogP contribution in [-0.4, -0.2) is 19.8 Å². The normalized spacial score (nSPS) is 13.1. The van der Waals surface area contributed by atoms with Crippen molar-refractivity contribution in [3.63, 3.8) is 0 Å². The molecule has 1 aromatic heterocycles. The number of thioether (sulfide) groups is 1. The Bertz CT molecular complexity index is 703. The number of hydrogen-bond donors (Lipinski definition) is 1. The number of para-hydroxylation sites is 1. The summed E-state index contributed by atoms with van der Waals surface area (Å²) >= 11 is 0.852. The van der Waals surface area contributed by atoms with Crippen LogP contribution in [0.4, 0.5) is 18.9 Å². The molecule has 0 aliphatic carbocycles. The number of aromatic nitrogens is 3. The van der Waals surface area contributed by atoms with Gasteiger partial charge < -0.3 is 5.84 Å². The molecule has 0 saturated carbocycles. The molecule has 0 amide bonds. The van der Waals surface area contributed by atoms with Crippen LogP contribution in [0.25, 0.3) is 0 Å². The average Bonchev–Trinajstić information content (AvgIpc) is 2.80. The molecule has 2 N–H and O–H groups in total. The van der Waals surface area contributed by atoms with E-state index < -0.39 is 22.2 Å². The summed E-state index contributed by atoms with van der Waals surface area (Å²) < 4.78 is 38.1. The van der Waals surface area contributed by atoms with Crippen molar-refractivity contribution in [2.45, 2.75) is 23.5 Å². The zero-order valence-corrected chi connectivity index (χ0v) is 11.9. The maximum absolute atomic E-state index is 12.6. The second-order valence-corrected chi connectivity index (χ2v) is 5.56. The summed E-state index contributed by atoms with van der Waals surface area (Å²) in [5.74, 6) is 4.00. The predicted octanol–water partition coefficient (Wildman–Crippen LogP) is 2.77. The molecule has 118 valence electrons. The molecule has 2 aromatic rings. The summed E-state index contributed by atoms with van der Waals surface area (Å²) in [6.07, 6.45) is -4.72. The van der Waals surface area contributed by atoms with E-state index in [-0.39, 0.29) is 10.8 Å². The van der Waals surface area contributed by atoms with E-state index in [0.717, 1.165) is 11.8 Å². The highest BCUT2D eigenvalue weighted by molar-refractivity contribution is 7.99. The molecule has 0 spiro atoms. The number of alkyl halides is 3. The molecule has 0 bridgehead atoms. The van der Waals surface area contributed by atoms with Gasteiger partial charge in [-0.1, -0.05) is 30.0 Å². The van der Waals surface area contributed by atoms with Crippen molar-refractivity contribution in [1.82, 2.24) is 14.9 Å². The fourth-order valence-corrected chi connectivity index (χ4v) is 2.70. The third-order valence-electron chi connectivity index (χ3n) is 2.77. The zero-order valence-electron chi connectivity index (χ0n) is 11.1. The first-order valence-electron chi connectivity index (χ1n) is 5.89. The number of nitro benzene ring substituents is 1. The molecule has 0 saturated heterocycles. The van der Waals surface area contributed by atoms with E-state index in [9.17, 15) is 23.3 Å². The van der Waals surface area contributed by atoms with Crippen LogP contribution in [0.3, 0.4) is 0 Å². The van der Waals surface area contributed by atoms with Gasteiger partial charge in [-0.2, -0.15) is 13.2 Å². The molecule has 0 aliphatic heterocycles. The van der Waals surface area contributed by atoms with Crippen LogP contribution in [-0.2, 0) is 6.18 Å². The van der Waals surface area contributed by atoms with Crippen molar-refractivity contribution in [3.05, 3.63) is 45.8 Å². The van der Waals surface area contributed by atoms with Crippen LogP contribution in [0, 0.1) is 10.1 Å². The van der Waals surface area contributed by atoms with Gasteiger partial charge in [0.2, 0.25) is 5.16 Å². The highest BCUT2D eigenvalue weighted by Crippen LogP contribution is 2.38. The molecule has 7 nitrogen and oxygen atoms in total. The highest BCUT2D eigenvalue weighted by atomic mass is 32.2. The number of rotatable bonds is 4. The van der Waals surface area contributed by atoms with Crippen molar-refractivity contribution in [3.8, 4) is 0 Å². The first-order valence-corrected chi connectivity index (χ1v) is 6.77. The fraction of sp³-hybridized carbons (Fsp3) is 0.273. The Morgan fingerprint density at radius 2 is 2.00 bits per heavy atom. The minimum atomic E-state index is -4.72. The standard InChI is InChI=1S/C11H10F3N5O2S/c1-6(7-4-2-3-5-8(7)19(20)21)22-10-17-16-9(18(10)15)11(12,13)14/h2-6H,15H2,1H3. The molecular formula is C11H10F3N5O2S. The lowest BCUT2D eigenvalue weighted by molar-refractivity contribution is -0.385. The van der Waals surface area contributed by atoms with Gasteiger partial charge in [0.15, 0.2) is 0 Å². The lowest BCUT2D eigenvalue weighted by atomic mass is 10.1. The van der Waals surface area contributed by atoms with Crippen molar-refractivity contribution >= 4 is 17.4 Å². The van der Waals surface area contributed by atoms with E-state index in [1.807, 2.05) is 0 Å². The van der Waals surface area contributed by atoms with Gasteiger partial charge in [0, 0.05) is 16.9 Å². The molecule has 0 fully saturated rings. The number of benzene rings is 1. The van der Waals surface area contributed by atoms with Gasteiger partial charge in [-0.25, -0.2) is 4.68 Å². The summed E-state index contributed by atoms with van der Waals surface area (Å²) in [4.78, 5) is 10.4. The van der Waals surface area contributed by atoms with Crippen LogP contribution >= 0.6 is 11.8 Å². The summed E-state index contributed by atoms with van der Waals surface area (Å²) in [6.45, 7) is 1.61. The summed E-state index contributed by atoms with van der Waals surface area (Å²) in [5.41, 5.74) is 0.232. The lowest BCUT2D eigenvalue weighted by Crippen LogP contribution is -2.21. The lowest BCUT2D eigenvalue weighted by Gasteiger charge is -2.11. The van der Waals surface area contributed by atoms with Crippen molar-refractivity contribution < 1.29 is 18.1 Å². The third kappa shape index (κ3) is 3.13. The summed E-state index contributed by atoms with van der Waals surface area (Å²) in [5, 5.41) is 16.6. The van der Waals surface area contributed by atoms with Gasteiger partial charge >= 0.3 is 6.18 Å². The number of halogens is 3. The Hall–Kier alpha value is -2.30. The second kappa shape index (κ2) is 5.83. The van der Waals surface area contributed by atoms with Crippen LogP contribution in [0.15, 0.2) is 29.4 Å². The second-order valence-electron chi connectivity index (χ2n) is 4.25. The Balaban J connectivity index is 2.29. The fourth-order valence-electron chi connectivity index (χ4n) is 1.77. The Morgan fingerprint density at radius 3 is 2.55 bits per heavy atom. The highest BCUT2D eigenvalue weighted by Gasteiger charge is 2.38. The Labute approximate surface area is 126 Å². The maximum atomic E-state index is 12.6. The molecule has 0 radical (unpaired) electrons. The zero-order chi connectivity index (χ0) is 16.5. The van der Waals surface area contributed by atoms with E-state index in [2.05, 4.69) is 10.2 Å². The van der Waals surface area contributed by atoms with E-state index in [4.69, 9.17) is 5.84 Å². The number of hydrogen-bond acceptors (Lipinski definition) is 6. The molecule has 1 aromatic carbocycles. The summed E-state index contributed by atoms with van der Waals surface area (Å²) in [7, 11) is 0. The van der Waals surface area contributed by atoms with Crippen LogP contribution in [0.5, 0.6) is 0 Å². The molecule has 11 heteroatoms. The van der Waals surface area contributed by atoms with Gasteiger partial charge in [0.05, 0.1) is 4.92 Å². The first-order chi connectivity index (χ1) is 10.2. The molecule has 1 atom stereocenters. The van der Waals surface area contributed by atoms with Crippen LogP contribution in [0.2, 0.25) is 0 Å². The monoisotopic (exact) mass is 333 g/mol. The minimum Gasteiger partial charge on any atom is -0.335 e. The van der Waals surface area contributed by atoms with Crippen molar-refractivity contribution in [1.29, 1.82) is 0 Å². The number of nitrogens with two attached hydrogens (primary N) is 1. The summed E-state index contributed by atoms with van der Waals surface area (Å²) in [6, 6.07) is 5.96. The van der Waals surface area contributed by atoms with Crippen molar-refractivity contribution in [2.75, 3.05) is 5.84 Å². The van der Waals surface area contributed by atoms with E-state index in [0.29, 0.717) is 10.2 Å². The number of nitrogen functional groups attached to an aromatic ring is 1. The molecule has 0 aliphatic rings. The first kappa shape index (κ1) is 16.1. The van der Waals surface area contributed by atoms with Crippen molar-refractivity contribution in [2.24, 2.45) is 0 Å². The van der Waals surface area contributed by atoms with Gasteiger partial charge in [-0.3, -0.25) is 10.1 Å². The number of nitrogens with zero attached hydrogens (tertiary/aromatic N) is 4. The van der Waals surface area contributed by atoms with Gasteiger partial charge in [0.1, 0.15) is 0 Å². The smallest absolute Gasteiger partial charge is 0.335 e. The van der Waals surface area contributed by atoms with Gasteiger partial charge in [-0.05, 0) is 6.92 Å². The SMILES string of the molecule is CC(Sc1nnc(C(F)(F)F)n1N)c1ccccc1[N+](=O)[O-]. The third-order valence-corrected chi connectivity index (χ3v) is 3.87. The predicted molar refractivity (Wildman–Crippen MR) is 72.5 cm³/mol. The Morgan fingerprint density at radius 1 is 1.36 bits per heavy atom. The molecule has 22 heavy (non-hydrogen) atoms. The Kier molecular flexibility index (Phi) is 4.26. The topological polar surface area (TPSA) is 99.9 Å². The molecular weight excluding hydrogens is 323 g/mol. The van der Waals surface area contributed by atoms with E-state index in [1.54, 1.807) is 13.0 Å². The molecule has 1 heterocycles. The van der Waals surface area contributed by atoms with Crippen LogP contribution in [0.1, 0.15) is 23.6 Å². The number of nitro groups is 1. The van der Waals surface area contributed by atoms with Gasteiger partial charge in [0.25, 0.3) is 11.5 Å². The minimum absolute atomic E-state index is 0.123. The maximum Gasteiger partial charge on any atom is 0.453 e. The molecule has 1 unspecified atom stereocenters. The van der Waals surface area contributed by atoms with E-state index in [1.165, 1.54) is 18.2 Å². The van der Waals surface area contributed by atoms with Gasteiger partial charge in [-0.15, -0.1) is 10.2 Å².